The summed E-state index contributed by atoms with van der Waals surface area (Å²) in [5.74, 6) is 4.10. The predicted octanol–water partition coefficient (Wildman–Crippen LogP) is 2.32. The first kappa shape index (κ1) is 13.1. The summed E-state index contributed by atoms with van der Waals surface area (Å²) in [5, 5.41) is 6.74. The second kappa shape index (κ2) is 5.32. The molecule has 3 nitrogen and oxygen atoms in total. The highest BCUT2D eigenvalue weighted by Gasteiger charge is 2.50. The maximum atomic E-state index is 12.5. The van der Waals surface area contributed by atoms with E-state index in [9.17, 15) is 4.79 Å². The van der Waals surface area contributed by atoms with E-state index in [-0.39, 0.29) is 0 Å². The molecular formula is C17H28N2O. The molecule has 0 spiro atoms. The number of carbonyl (C=O) groups is 1. The summed E-state index contributed by atoms with van der Waals surface area (Å²) in [6, 6.07) is 0.787. The fourth-order valence-electron chi connectivity index (χ4n) is 5.36. The van der Waals surface area contributed by atoms with Crippen LogP contribution in [-0.2, 0) is 4.79 Å². The first-order chi connectivity index (χ1) is 9.79. The second-order valence-electron chi connectivity index (χ2n) is 7.83. The van der Waals surface area contributed by atoms with Crippen LogP contribution in [0.5, 0.6) is 0 Å². The van der Waals surface area contributed by atoms with E-state index < -0.39 is 0 Å². The van der Waals surface area contributed by atoms with Crippen molar-refractivity contribution in [2.24, 2.45) is 29.6 Å². The van der Waals surface area contributed by atoms with Crippen molar-refractivity contribution in [3.05, 3.63) is 0 Å². The minimum atomic E-state index is 0.360. The summed E-state index contributed by atoms with van der Waals surface area (Å²) in [5.41, 5.74) is 0. The predicted molar refractivity (Wildman–Crippen MR) is 79.2 cm³/mol. The van der Waals surface area contributed by atoms with Crippen molar-refractivity contribution in [2.75, 3.05) is 13.1 Å². The normalized spacial score (nSPS) is 41.9. The number of amides is 1. The van der Waals surface area contributed by atoms with Crippen molar-refractivity contribution >= 4 is 5.91 Å². The Morgan fingerprint density at radius 2 is 1.55 bits per heavy atom. The molecule has 112 valence electrons. The van der Waals surface area contributed by atoms with Gasteiger partial charge in [-0.2, -0.15) is 0 Å². The lowest BCUT2D eigenvalue weighted by Gasteiger charge is -2.53. The van der Waals surface area contributed by atoms with Crippen LogP contribution in [-0.4, -0.2) is 25.0 Å². The molecule has 0 radical (unpaired) electrons. The first-order valence-corrected chi connectivity index (χ1v) is 8.80. The molecule has 5 fully saturated rings. The van der Waals surface area contributed by atoms with E-state index in [1.807, 2.05) is 0 Å². The lowest BCUT2D eigenvalue weighted by atomic mass is 9.51. The van der Waals surface area contributed by atoms with Crippen molar-refractivity contribution in [1.82, 2.24) is 10.6 Å². The van der Waals surface area contributed by atoms with Crippen molar-refractivity contribution in [1.29, 1.82) is 0 Å². The van der Waals surface area contributed by atoms with Gasteiger partial charge in [0.2, 0.25) is 5.91 Å². The highest BCUT2D eigenvalue weighted by molar-refractivity contribution is 5.79. The van der Waals surface area contributed by atoms with Crippen LogP contribution in [0.25, 0.3) is 0 Å². The van der Waals surface area contributed by atoms with Crippen molar-refractivity contribution in [2.45, 2.75) is 57.4 Å². The summed E-state index contributed by atoms with van der Waals surface area (Å²) >= 11 is 0. The molecule has 0 aromatic heterocycles. The van der Waals surface area contributed by atoms with Crippen LogP contribution in [0.2, 0.25) is 0 Å². The van der Waals surface area contributed by atoms with Crippen LogP contribution >= 0.6 is 0 Å². The molecule has 0 heterocycles. The van der Waals surface area contributed by atoms with Gasteiger partial charge in [0.15, 0.2) is 0 Å². The fourth-order valence-corrected chi connectivity index (χ4v) is 5.36. The number of rotatable bonds is 6. The summed E-state index contributed by atoms with van der Waals surface area (Å²) in [6.45, 7) is 1.92. The van der Waals surface area contributed by atoms with Gasteiger partial charge in [0.1, 0.15) is 0 Å². The molecule has 0 unspecified atom stereocenters. The number of nitrogens with one attached hydrogen (secondary N) is 2. The third kappa shape index (κ3) is 2.61. The van der Waals surface area contributed by atoms with E-state index in [4.69, 9.17) is 0 Å². The Labute approximate surface area is 122 Å². The monoisotopic (exact) mass is 276 g/mol. The molecule has 0 saturated heterocycles. The highest BCUT2D eigenvalue weighted by Crippen LogP contribution is 2.56. The van der Waals surface area contributed by atoms with Gasteiger partial charge in [-0.15, -0.1) is 0 Å². The Morgan fingerprint density at radius 3 is 2.15 bits per heavy atom. The van der Waals surface area contributed by atoms with Gasteiger partial charge in [0.25, 0.3) is 0 Å². The Kier molecular flexibility index (Phi) is 3.49. The first-order valence-electron chi connectivity index (χ1n) is 8.80. The molecule has 5 saturated carbocycles. The van der Waals surface area contributed by atoms with Crippen molar-refractivity contribution < 1.29 is 4.79 Å². The Morgan fingerprint density at radius 1 is 0.900 bits per heavy atom. The summed E-state index contributed by atoms with van der Waals surface area (Å²) in [4.78, 5) is 12.5. The van der Waals surface area contributed by atoms with E-state index in [1.165, 1.54) is 44.9 Å². The van der Waals surface area contributed by atoms with E-state index in [2.05, 4.69) is 10.6 Å². The van der Waals surface area contributed by atoms with Crippen LogP contribution in [0.1, 0.15) is 51.4 Å². The molecule has 4 bridgehead atoms. The molecule has 3 heteroatoms. The maximum absolute atomic E-state index is 12.5. The molecule has 0 aliphatic heterocycles. The van der Waals surface area contributed by atoms with E-state index in [1.54, 1.807) is 0 Å². The van der Waals surface area contributed by atoms with Gasteiger partial charge in [-0.1, -0.05) is 0 Å². The second-order valence-corrected chi connectivity index (χ2v) is 7.83. The van der Waals surface area contributed by atoms with Gasteiger partial charge in [-0.25, -0.2) is 0 Å². The Hall–Kier alpha value is -0.570. The van der Waals surface area contributed by atoms with Gasteiger partial charge in [0, 0.05) is 18.5 Å². The molecule has 0 aromatic rings. The molecule has 1 amide bonds. The number of hydrogen-bond donors (Lipinski definition) is 2. The molecule has 0 aromatic carbocycles. The average Bonchev–Trinajstić information content (AvgIpc) is 3.21. The van der Waals surface area contributed by atoms with Gasteiger partial charge < -0.3 is 10.6 Å². The van der Waals surface area contributed by atoms with Crippen molar-refractivity contribution in [3.8, 4) is 0 Å². The van der Waals surface area contributed by atoms with Gasteiger partial charge >= 0.3 is 0 Å². The fraction of sp³-hybridized carbons (Fsp3) is 0.941. The van der Waals surface area contributed by atoms with E-state index in [0.717, 1.165) is 49.2 Å². The molecule has 2 N–H and O–H groups in total. The van der Waals surface area contributed by atoms with E-state index in [0.29, 0.717) is 11.8 Å². The molecule has 5 rings (SSSR count). The maximum Gasteiger partial charge on any atom is 0.223 e. The van der Waals surface area contributed by atoms with E-state index >= 15 is 0 Å². The quantitative estimate of drug-likeness (QED) is 0.731. The van der Waals surface area contributed by atoms with Crippen LogP contribution in [0.4, 0.5) is 0 Å². The zero-order chi connectivity index (χ0) is 13.5. The minimum Gasteiger partial charge on any atom is -0.356 e. The van der Waals surface area contributed by atoms with Gasteiger partial charge in [-0.3, -0.25) is 4.79 Å². The highest BCUT2D eigenvalue weighted by atomic mass is 16.1. The van der Waals surface area contributed by atoms with Crippen molar-refractivity contribution in [3.63, 3.8) is 0 Å². The molecule has 0 atom stereocenters. The minimum absolute atomic E-state index is 0.360. The van der Waals surface area contributed by atoms with Gasteiger partial charge in [0.05, 0.1) is 0 Å². The smallest absolute Gasteiger partial charge is 0.223 e. The zero-order valence-corrected chi connectivity index (χ0v) is 12.4. The topological polar surface area (TPSA) is 41.1 Å². The van der Waals surface area contributed by atoms with Crippen LogP contribution < -0.4 is 10.6 Å². The summed E-state index contributed by atoms with van der Waals surface area (Å²) in [7, 11) is 0. The standard InChI is InChI=1S/C17H28N2O/c20-17(19-5-1-4-18-15-2-3-15)16-13-7-11-6-12(9-13)10-14(16)8-11/h11-16,18H,1-10H2,(H,19,20). The lowest BCUT2D eigenvalue weighted by Crippen LogP contribution is -2.51. The third-order valence-corrected chi connectivity index (χ3v) is 6.19. The van der Waals surface area contributed by atoms with Crippen LogP contribution in [0.15, 0.2) is 0 Å². The number of carbonyl (C=O) groups excluding carboxylic acids is 1. The largest absolute Gasteiger partial charge is 0.356 e. The average molecular weight is 276 g/mol. The van der Waals surface area contributed by atoms with Crippen LogP contribution in [0.3, 0.4) is 0 Å². The number of hydrogen-bond acceptors (Lipinski definition) is 2. The molecule has 5 aliphatic carbocycles. The zero-order valence-electron chi connectivity index (χ0n) is 12.4. The van der Waals surface area contributed by atoms with Gasteiger partial charge in [-0.05, 0) is 81.6 Å². The summed E-state index contributed by atoms with van der Waals surface area (Å²) < 4.78 is 0. The lowest BCUT2D eigenvalue weighted by molar-refractivity contribution is -0.138. The molecular weight excluding hydrogens is 248 g/mol. The Balaban J connectivity index is 1.23. The molecule has 20 heavy (non-hydrogen) atoms. The molecule has 5 aliphatic rings. The Bertz CT molecular complexity index is 349. The van der Waals surface area contributed by atoms with Crippen LogP contribution in [0, 0.1) is 29.6 Å². The SMILES string of the molecule is O=C(NCCCNC1CC1)C1C2CC3CC(C2)CC1C3. The summed E-state index contributed by atoms with van der Waals surface area (Å²) in [6.07, 6.45) is 10.6. The third-order valence-electron chi connectivity index (χ3n) is 6.19.